The molecule has 4 rings (SSSR count). The zero-order valence-electron chi connectivity index (χ0n) is 15.4. The molecule has 0 saturated heterocycles. The summed E-state index contributed by atoms with van der Waals surface area (Å²) < 4.78 is 40.6. The first-order valence-corrected chi connectivity index (χ1v) is 8.97. The van der Waals surface area contributed by atoms with Gasteiger partial charge in [0.1, 0.15) is 5.69 Å². The zero-order chi connectivity index (χ0) is 20.6. The number of pyridine rings is 1. The number of carbonyl (C=O) groups excluding carboxylic acids is 1. The second kappa shape index (κ2) is 7.20. The lowest BCUT2D eigenvalue weighted by molar-refractivity contribution is -0.137. The largest absolute Gasteiger partial charge is 0.416 e. The molecular formula is C21H17F3N4O. The van der Waals surface area contributed by atoms with Crippen LogP contribution in [0.3, 0.4) is 0 Å². The first-order chi connectivity index (χ1) is 13.9. The predicted octanol–water partition coefficient (Wildman–Crippen LogP) is 4.16. The molecule has 148 valence electrons. The lowest BCUT2D eigenvalue weighted by atomic mass is 9.98. The van der Waals surface area contributed by atoms with E-state index in [1.807, 2.05) is 16.8 Å². The minimum absolute atomic E-state index is 0.172. The van der Waals surface area contributed by atoms with Crippen molar-refractivity contribution in [2.75, 3.05) is 6.54 Å². The molecule has 0 N–H and O–H groups in total. The van der Waals surface area contributed by atoms with Crippen molar-refractivity contribution in [1.29, 1.82) is 0 Å². The Morgan fingerprint density at radius 3 is 2.34 bits per heavy atom. The van der Waals surface area contributed by atoms with E-state index in [9.17, 15) is 18.0 Å². The van der Waals surface area contributed by atoms with Crippen LogP contribution in [0.2, 0.25) is 0 Å². The molecule has 0 bridgehead atoms. The summed E-state index contributed by atoms with van der Waals surface area (Å²) in [5.41, 5.74) is 2.89. The lowest BCUT2D eigenvalue weighted by Crippen LogP contribution is -2.37. The van der Waals surface area contributed by atoms with Crippen LogP contribution < -0.4 is 0 Å². The fourth-order valence-electron chi connectivity index (χ4n) is 3.48. The highest BCUT2D eigenvalue weighted by Gasteiger charge is 2.31. The summed E-state index contributed by atoms with van der Waals surface area (Å²) in [5.74, 6) is -0.172. The maximum Gasteiger partial charge on any atom is 0.416 e. The number of halogens is 3. The second-order valence-electron chi connectivity index (χ2n) is 6.67. The minimum atomic E-state index is -4.40. The third-order valence-corrected chi connectivity index (χ3v) is 4.92. The average Bonchev–Trinajstić information content (AvgIpc) is 3.12. The first-order valence-electron chi connectivity index (χ1n) is 8.97. The van der Waals surface area contributed by atoms with E-state index in [0.29, 0.717) is 30.9 Å². The fourth-order valence-corrected chi connectivity index (χ4v) is 3.48. The van der Waals surface area contributed by atoms with Crippen LogP contribution in [0.5, 0.6) is 0 Å². The molecule has 0 saturated carbocycles. The van der Waals surface area contributed by atoms with Gasteiger partial charge in [-0.05, 0) is 35.9 Å². The number of nitrogens with zero attached hydrogens (tertiary/aromatic N) is 4. The van der Waals surface area contributed by atoms with Crippen LogP contribution in [0.25, 0.3) is 22.4 Å². The van der Waals surface area contributed by atoms with Gasteiger partial charge >= 0.3 is 6.18 Å². The van der Waals surface area contributed by atoms with Crippen LogP contribution in [0.15, 0.2) is 61.4 Å². The Morgan fingerprint density at radius 2 is 1.72 bits per heavy atom. The number of hydrogen-bond acceptors (Lipinski definition) is 3. The molecule has 0 spiro atoms. The molecule has 1 aliphatic rings. The summed E-state index contributed by atoms with van der Waals surface area (Å²) in [6.45, 7) is 4.86. The van der Waals surface area contributed by atoms with Crippen LogP contribution in [0.4, 0.5) is 13.2 Å². The molecule has 1 aliphatic heterocycles. The molecule has 2 aromatic heterocycles. The van der Waals surface area contributed by atoms with Gasteiger partial charge in [0, 0.05) is 30.1 Å². The highest BCUT2D eigenvalue weighted by molar-refractivity contribution is 5.88. The van der Waals surface area contributed by atoms with Crippen LogP contribution in [-0.4, -0.2) is 32.1 Å². The highest BCUT2D eigenvalue weighted by Crippen LogP contribution is 2.37. The SMILES string of the molecule is C=CC(=O)N1CCn2nc(-c3ccc(C(F)(F)F)cc3)c(-c3ccncc3)c2C1. The number of hydrogen-bond donors (Lipinski definition) is 0. The van der Waals surface area contributed by atoms with Crippen molar-refractivity contribution in [1.82, 2.24) is 19.7 Å². The minimum Gasteiger partial charge on any atom is -0.331 e. The van der Waals surface area contributed by atoms with Gasteiger partial charge in [0.15, 0.2) is 0 Å². The molecule has 1 amide bonds. The van der Waals surface area contributed by atoms with Crippen molar-refractivity contribution >= 4 is 5.91 Å². The number of alkyl halides is 3. The van der Waals surface area contributed by atoms with E-state index >= 15 is 0 Å². The number of carbonyl (C=O) groups is 1. The van der Waals surface area contributed by atoms with E-state index in [1.54, 1.807) is 17.3 Å². The Kier molecular flexibility index (Phi) is 4.70. The number of fused-ring (bicyclic) bond motifs is 1. The van der Waals surface area contributed by atoms with Crippen molar-refractivity contribution in [3.63, 3.8) is 0 Å². The molecule has 5 nitrogen and oxygen atoms in total. The standard InChI is InChI=1S/C21H17F3N4O/c1-2-18(29)27-11-12-28-17(13-27)19(14-7-9-25-10-8-14)20(26-28)15-3-5-16(6-4-15)21(22,23)24/h2-10H,1,11-13H2. The third-order valence-electron chi connectivity index (χ3n) is 4.92. The Bertz CT molecular complexity index is 1060. The van der Waals surface area contributed by atoms with E-state index in [0.717, 1.165) is 29.0 Å². The summed E-state index contributed by atoms with van der Waals surface area (Å²) in [4.78, 5) is 17.8. The summed E-state index contributed by atoms with van der Waals surface area (Å²) in [6, 6.07) is 8.59. The van der Waals surface area contributed by atoms with Crippen molar-refractivity contribution in [2.45, 2.75) is 19.3 Å². The summed E-state index contributed by atoms with van der Waals surface area (Å²) in [5, 5.41) is 4.66. The number of benzene rings is 1. The smallest absolute Gasteiger partial charge is 0.331 e. The monoisotopic (exact) mass is 398 g/mol. The quantitative estimate of drug-likeness (QED) is 0.623. The van der Waals surface area contributed by atoms with Crippen LogP contribution >= 0.6 is 0 Å². The Labute approximate surface area is 165 Å². The van der Waals surface area contributed by atoms with E-state index in [2.05, 4.69) is 16.7 Å². The van der Waals surface area contributed by atoms with Crippen molar-refractivity contribution in [3.8, 4) is 22.4 Å². The van der Waals surface area contributed by atoms with E-state index in [1.165, 1.54) is 18.2 Å². The third kappa shape index (κ3) is 3.53. The number of amides is 1. The van der Waals surface area contributed by atoms with Gasteiger partial charge in [-0.1, -0.05) is 18.7 Å². The van der Waals surface area contributed by atoms with Crippen molar-refractivity contribution in [2.24, 2.45) is 0 Å². The maximum atomic E-state index is 12.9. The van der Waals surface area contributed by atoms with E-state index < -0.39 is 11.7 Å². The maximum absolute atomic E-state index is 12.9. The molecule has 0 fully saturated rings. The number of rotatable bonds is 3. The fraction of sp³-hybridized carbons (Fsp3) is 0.190. The Balaban J connectivity index is 1.84. The average molecular weight is 398 g/mol. The van der Waals surface area contributed by atoms with E-state index in [-0.39, 0.29) is 5.91 Å². The van der Waals surface area contributed by atoms with Gasteiger partial charge in [-0.2, -0.15) is 18.3 Å². The molecule has 8 heteroatoms. The van der Waals surface area contributed by atoms with Crippen LogP contribution in [0.1, 0.15) is 11.3 Å². The molecule has 0 unspecified atom stereocenters. The normalized spacial score (nSPS) is 13.8. The summed E-state index contributed by atoms with van der Waals surface area (Å²) in [7, 11) is 0. The molecule has 0 atom stereocenters. The van der Waals surface area contributed by atoms with Gasteiger partial charge in [0.2, 0.25) is 5.91 Å². The van der Waals surface area contributed by atoms with Gasteiger partial charge in [0.05, 0.1) is 24.3 Å². The van der Waals surface area contributed by atoms with Crippen molar-refractivity contribution in [3.05, 3.63) is 72.7 Å². The zero-order valence-corrected chi connectivity index (χ0v) is 15.4. The molecule has 3 heterocycles. The van der Waals surface area contributed by atoms with Gasteiger partial charge in [-0.15, -0.1) is 0 Å². The van der Waals surface area contributed by atoms with Gasteiger partial charge in [-0.25, -0.2) is 0 Å². The van der Waals surface area contributed by atoms with E-state index in [4.69, 9.17) is 0 Å². The predicted molar refractivity (Wildman–Crippen MR) is 102 cm³/mol. The van der Waals surface area contributed by atoms with Gasteiger partial charge in [-0.3, -0.25) is 14.5 Å². The molecular weight excluding hydrogens is 381 g/mol. The van der Waals surface area contributed by atoms with Crippen molar-refractivity contribution < 1.29 is 18.0 Å². The van der Waals surface area contributed by atoms with Gasteiger partial charge < -0.3 is 4.90 Å². The highest BCUT2D eigenvalue weighted by atomic mass is 19.4. The first kappa shape index (κ1) is 18.9. The molecule has 29 heavy (non-hydrogen) atoms. The topological polar surface area (TPSA) is 51.0 Å². The van der Waals surface area contributed by atoms with Crippen LogP contribution in [-0.2, 0) is 24.1 Å². The molecule has 0 radical (unpaired) electrons. The van der Waals surface area contributed by atoms with Gasteiger partial charge in [0.25, 0.3) is 0 Å². The summed E-state index contributed by atoms with van der Waals surface area (Å²) in [6.07, 6.45) is 0.164. The van der Waals surface area contributed by atoms with Crippen LogP contribution in [0, 0.1) is 0 Å². The lowest BCUT2D eigenvalue weighted by Gasteiger charge is -2.27. The molecule has 3 aromatic rings. The molecule has 1 aromatic carbocycles. The summed E-state index contributed by atoms with van der Waals surface area (Å²) >= 11 is 0. The Morgan fingerprint density at radius 1 is 1.03 bits per heavy atom. The Hall–Kier alpha value is -3.42. The second-order valence-corrected chi connectivity index (χ2v) is 6.67. The molecule has 0 aliphatic carbocycles. The number of aromatic nitrogens is 3.